The van der Waals surface area contributed by atoms with E-state index in [2.05, 4.69) is 20.8 Å². The summed E-state index contributed by atoms with van der Waals surface area (Å²) in [7, 11) is -0.161. The van der Waals surface area contributed by atoms with Gasteiger partial charge in [0.25, 0.3) is 0 Å². The largest absolute Gasteiger partial charge is 0.475 e. The van der Waals surface area contributed by atoms with Gasteiger partial charge in [-0.15, -0.1) is 0 Å². The summed E-state index contributed by atoms with van der Waals surface area (Å²) in [5.74, 6) is 2.36. The molecule has 0 unspecified atom stereocenters. The molecule has 0 amide bonds. The van der Waals surface area contributed by atoms with Gasteiger partial charge in [-0.05, 0) is 49.4 Å². The van der Waals surface area contributed by atoms with Crippen molar-refractivity contribution < 1.29 is 9.31 Å². The summed E-state index contributed by atoms with van der Waals surface area (Å²) in [6.45, 7) is 7.06. The molecule has 19 heavy (non-hydrogen) atoms. The van der Waals surface area contributed by atoms with Crippen LogP contribution in [0.4, 0.5) is 0 Å². The van der Waals surface area contributed by atoms with Gasteiger partial charge in [-0.25, -0.2) is 0 Å². The van der Waals surface area contributed by atoms with Gasteiger partial charge in [-0.3, -0.25) is 0 Å². The van der Waals surface area contributed by atoms with Gasteiger partial charge in [0, 0.05) is 5.94 Å². The number of nitrogens with two attached hydrogens (primary N) is 1. The first-order valence-corrected chi connectivity index (χ1v) is 8.00. The van der Waals surface area contributed by atoms with Crippen LogP contribution in [0.3, 0.4) is 0 Å². The molecule has 5 fully saturated rings. The Labute approximate surface area is 116 Å². The maximum Gasteiger partial charge on any atom is 0.475 e. The standard InChI is InChI=1S/C15H26BNO2/c1-14(2)10-7-11(14)15(3)12(8-10)18-16(19-15)13(17)6-9-4-5-9/h9-13H,4-8,17H2,1-3H3/t10-,11-,12+,13-,15-/m0/s1. The average Bonchev–Trinajstić information content (AvgIpc) is 3.06. The van der Waals surface area contributed by atoms with E-state index < -0.39 is 0 Å². The molecule has 0 radical (unpaired) electrons. The fraction of sp³-hybridized carbons (Fsp3) is 1.00. The highest BCUT2D eigenvalue weighted by atomic mass is 16.7. The van der Waals surface area contributed by atoms with E-state index in [0.717, 1.165) is 24.7 Å². The van der Waals surface area contributed by atoms with E-state index in [1.54, 1.807) is 0 Å². The lowest BCUT2D eigenvalue weighted by Gasteiger charge is -2.64. The van der Waals surface area contributed by atoms with Crippen LogP contribution in [0.25, 0.3) is 0 Å². The lowest BCUT2D eigenvalue weighted by molar-refractivity contribution is -0.199. The molecule has 0 aromatic carbocycles. The van der Waals surface area contributed by atoms with Crippen molar-refractivity contribution >= 4 is 7.12 Å². The van der Waals surface area contributed by atoms with Gasteiger partial charge in [0.05, 0.1) is 11.7 Å². The van der Waals surface area contributed by atoms with Gasteiger partial charge < -0.3 is 15.0 Å². The summed E-state index contributed by atoms with van der Waals surface area (Å²) in [4.78, 5) is 0. The summed E-state index contributed by atoms with van der Waals surface area (Å²) in [6.07, 6.45) is 6.52. The molecule has 5 aliphatic rings. The molecule has 106 valence electrons. The molecule has 3 nitrogen and oxygen atoms in total. The van der Waals surface area contributed by atoms with Crippen LogP contribution in [0, 0.1) is 23.2 Å². The molecule has 0 aromatic heterocycles. The van der Waals surface area contributed by atoms with E-state index in [1.807, 2.05) is 0 Å². The molecule has 0 aromatic rings. The van der Waals surface area contributed by atoms with Crippen molar-refractivity contribution in [3.63, 3.8) is 0 Å². The molecule has 1 heterocycles. The van der Waals surface area contributed by atoms with E-state index >= 15 is 0 Å². The molecule has 5 rings (SSSR count). The Hall–Kier alpha value is -0.0551. The number of hydrogen-bond donors (Lipinski definition) is 1. The summed E-state index contributed by atoms with van der Waals surface area (Å²) < 4.78 is 12.6. The molecular weight excluding hydrogens is 237 g/mol. The van der Waals surface area contributed by atoms with Crippen LogP contribution in [0.15, 0.2) is 0 Å². The second-order valence-electron chi connectivity index (χ2n) is 8.18. The Kier molecular flexibility index (Phi) is 2.52. The van der Waals surface area contributed by atoms with Crippen LogP contribution in [-0.4, -0.2) is 24.8 Å². The van der Waals surface area contributed by atoms with Crippen molar-refractivity contribution in [2.24, 2.45) is 28.9 Å². The minimum atomic E-state index is -0.161. The zero-order valence-electron chi connectivity index (χ0n) is 12.4. The summed E-state index contributed by atoms with van der Waals surface area (Å²) in [6, 6.07) is 0. The maximum absolute atomic E-state index is 6.38. The van der Waals surface area contributed by atoms with Crippen LogP contribution < -0.4 is 5.73 Å². The first-order valence-electron chi connectivity index (χ1n) is 8.00. The second kappa shape index (κ2) is 3.77. The van der Waals surface area contributed by atoms with E-state index in [1.165, 1.54) is 19.3 Å². The molecule has 1 saturated heterocycles. The van der Waals surface area contributed by atoms with E-state index in [-0.39, 0.29) is 24.8 Å². The van der Waals surface area contributed by atoms with Crippen molar-refractivity contribution in [2.75, 3.05) is 0 Å². The number of hydrogen-bond acceptors (Lipinski definition) is 3. The molecule has 4 saturated carbocycles. The Balaban J connectivity index is 1.50. The molecule has 4 heteroatoms. The van der Waals surface area contributed by atoms with E-state index in [4.69, 9.17) is 15.0 Å². The fourth-order valence-corrected chi connectivity index (χ4v) is 4.93. The highest BCUT2D eigenvalue weighted by Gasteiger charge is 2.68. The smallest absolute Gasteiger partial charge is 0.404 e. The maximum atomic E-state index is 6.38. The molecule has 2 bridgehead atoms. The average molecular weight is 263 g/mol. The van der Waals surface area contributed by atoms with Gasteiger partial charge in [0.1, 0.15) is 0 Å². The molecule has 2 N–H and O–H groups in total. The molecule has 1 aliphatic heterocycles. The minimum absolute atomic E-state index is 0.0650. The van der Waals surface area contributed by atoms with Crippen molar-refractivity contribution in [1.82, 2.24) is 0 Å². The third-order valence-corrected chi connectivity index (χ3v) is 6.62. The third-order valence-electron chi connectivity index (χ3n) is 6.62. The highest BCUT2D eigenvalue weighted by Crippen LogP contribution is 2.65. The second-order valence-corrected chi connectivity index (χ2v) is 8.18. The zero-order chi connectivity index (χ0) is 13.4. The van der Waals surface area contributed by atoms with Crippen molar-refractivity contribution in [1.29, 1.82) is 0 Å². The molecule has 5 atom stereocenters. The molecule has 0 spiro atoms. The third kappa shape index (κ3) is 1.69. The van der Waals surface area contributed by atoms with Crippen LogP contribution in [-0.2, 0) is 9.31 Å². The Morgan fingerprint density at radius 1 is 1.26 bits per heavy atom. The Morgan fingerprint density at radius 2 is 2.00 bits per heavy atom. The topological polar surface area (TPSA) is 44.5 Å². The van der Waals surface area contributed by atoms with Gasteiger partial charge in [-0.2, -0.15) is 0 Å². The predicted octanol–water partition coefficient (Wildman–Crippen LogP) is 2.38. The van der Waals surface area contributed by atoms with Crippen LogP contribution >= 0.6 is 0 Å². The minimum Gasteiger partial charge on any atom is -0.404 e. The summed E-state index contributed by atoms with van der Waals surface area (Å²) >= 11 is 0. The lowest BCUT2D eigenvalue weighted by Crippen LogP contribution is -2.65. The monoisotopic (exact) mass is 263 g/mol. The van der Waals surface area contributed by atoms with Gasteiger partial charge >= 0.3 is 7.12 Å². The fourth-order valence-electron chi connectivity index (χ4n) is 4.93. The summed E-state index contributed by atoms with van der Waals surface area (Å²) in [5.41, 5.74) is 6.64. The normalized spacial score (nSPS) is 48.6. The highest BCUT2D eigenvalue weighted by molar-refractivity contribution is 6.47. The van der Waals surface area contributed by atoms with Gasteiger partial charge in [-0.1, -0.05) is 26.7 Å². The van der Waals surface area contributed by atoms with Gasteiger partial charge in [0.2, 0.25) is 0 Å². The Morgan fingerprint density at radius 3 is 2.63 bits per heavy atom. The quantitative estimate of drug-likeness (QED) is 0.795. The number of rotatable bonds is 3. The SMILES string of the molecule is CC1(C)[C@@H]2C[C@H]3OB([C@@H](N)CC4CC4)O[C@@]3(C)[C@H]1C2. The Bertz CT molecular complexity index is 398. The first-order chi connectivity index (χ1) is 8.91. The van der Waals surface area contributed by atoms with Crippen molar-refractivity contribution in [3.05, 3.63) is 0 Å². The van der Waals surface area contributed by atoms with Crippen LogP contribution in [0.2, 0.25) is 0 Å². The predicted molar refractivity (Wildman–Crippen MR) is 75.4 cm³/mol. The van der Waals surface area contributed by atoms with Crippen molar-refractivity contribution in [2.45, 2.75) is 70.5 Å². The first kappa shape index (κ1) is 12.7. The van der Waals surface area contributed by atoms with E-state index in [9.17, 15) is 0 Å². The van der Waals surface area contributed by atoms with Crippen LogP contribution in [0.5, 0.6) is 0 Å². The molecule has 4 aliphatic carbocycles. The zero-order valence-corrected chi connectivity index (χ0v) is 12.4. The van der Waals surface area contributed by atoms with Crippen LogP contribution in [0.1, 0.15) is 52.9 Å². The van der Waals surface area contributed by atoms with Gasteiger partial charge in [0.15, 0.2) is 0 Å². The van der Waals surface area contributed by atoms with E-state index in [0.29, 0.717) is 11.3 Å². The molecular formula is C15H26BNO2. The van der Waals surface area contributed by atoms with Crippen molar-refractivity contribution in [3.8, 4) is 0 Å². The lowest BCUT2D eigenvalue weighted by atomic mass is 9.43. The summed E-state index contributed by atoms with van der Waals surface area (Å²) in [5, 5.41) is 0.